The van der Waals surface area contributed by atoms with Gasteiger partial charge in [0, 0.05) is 37.5 Å². The molecule has 0 atom stereocenters. The molecular weight excluding hydrogens is 370 g/mol. The first-order chi connectivity index (χ1) is 12.8. The fourth-order valence-corrected chi connectivity index (χ4v) is 3.27. The second-order valence-corrected chi connectivity index (χ2v) is 7.40. The van der Waals surface area contributed by atoms with Gasteiger partial charge in [-0.05, 0) is 42.5 Å². The molecule has 0 aliphatic carbocycles. The van der Waals surface area contributed by atoms with Gasteiger partial charge in [0.25, 0.3) is 5.91 Å². The zero-order valence-electron chi connectivity index (χ0n) is 15.0. The van der Waals surface area contributed by atoms with Crippen LogP contribution in [0, 0.1) is 0 Å². The van der Waals surface area contributed by atoms with Crippen molar-refractivity contribution >= 4 is 33.2 Å². The highest BCUT2D eigenvalue weighted by Crippen LogP contribution is 2.16. The Labute approximate surface area is 158 Å². The van der Waals surface area contributed by atoms with Gasteiger partial charge in [-0.15, -0.1) is 0 Å². The van der Waals surface area contributed by atoms with Gasteiger partial charge in [0.15, 0.2) is 0 Å². The fraction of sp³-hybridized carbons (Fsp3) is 0.222. The summed E-state index contributed by atoms with van der Waals surface area (Å²) in [5, 5.41) is 5.31. The van der Waals surface area contributed by atoms with Gasteiger partial charge in [0.2, 0.25) is 15.9 Å². The molecule has 0 radical (unpaired) electrons. The predicted molar refractivity (Wildman–Crippen MR) is 102 cm³/mol. The van der Waals surface area contributed by atoms with Crippen molar-refractivity contribution in [3.63, 3.8) is 0 Å². The van der Waals surface area contributed by atoms with E-state index in [9.17, 15) is 18.0 Å². The molecular formula is C18H21N3O5S. The summed E-state index contributed by atoms with van der Waals surface area (Å²) in [6.45, 7) is 1.78. The average Bonchev–Trinajstić information content (AvgIpc) is 2.63. The Kier molecular flexibility index (Phi) is 7.05. The SMILES string of the molecule is COCCNS(=O)(=O)c1cccc(C(=O)Nc2ccc(NC(C)=O)cc2)c1. The molecule has 2 amide bonds. The molecule has 0 aliphatic heterocycles. The van der Waals surface area contributed by atoms with E-state index in [0.717, 1.165) is 0 Å². The Morgan fingerprint density at radius 1 is 1.00 bits per heavy atom. The number of benzene rings is 2. The van der Waals surface area contributed by atoms with Crippen LogP contribution in [0.5, 0.6) is 0 Å². The number of hydrogen-bond donors (Lipinski definition) is 3. The van der Waals surface area contributed by atoms with Crippen molar-refractivity contribution in [3.05, 3.63) is 54.1 Å². The van der Waals surface area contributed by atoms with E-state index in [1.165, 1.54) is 38.3 Å². The third-order valence-corrected chi connectivity index (χ3v) is 4.93. The summed E-state index contributed by atoms with van der Waals surface area (Å²) in [5.74, 6) is -0.639. The van der Waals surface area contributed by atoms with Gasteiger partial charge in [-0.2, -0.15) is 0 Å². The van der Waals surface area contributed by atoms with Crippen molar-refractivity contribution in [1.82, 2.24) is 4.72 Å². The maximum Gasteiger partial charge on any atom is 0.255 e. The van der Waals surface area contributed by atoms with Gasteiger partial charge in [0.1, 0.15) is 0 Å². The summed E-state index contributed by atoms with van der Waals surface area (Å²) in [6.07, 6.45) is 0. The monoisotopic (exact) mass is 391 g/mol. The molecule has 0 bridgehead atoms. The standard InChI is InChI=1S/C18H21N3O5S/c1-13(22)20-15-6-8-16(9-7-15)21-18(23)14-4-3-5-17(12-14)27(24,25)19-10-11-26-2/h3-9,12,19H,10-11H2,1-2H3,(H,20,22)(H,21,23). The second kappa shape index (κ2) is 9.26. The highest BCUT2D eigenvalue weighted by atomic mass is 32.2. The molecule has 0 unspecified atom stereocenters. The average molecular weight is 391 g/mol. The quantitative estimate of drug-likeness (QED) is 0.594. The van der Waals surface area contributed by atoms with Crippen LogP contribution in [0.1, 0.15) is 17.3 Å². The smallest absolute Gasteiger partial charge is 0.255 e. The normalized spacial score (nSPS) is 11.0. The highest BCUT2D eigenvalue weighted by molar-refractivity contribution is 7.89. The topological polar surface area (TPSA) is 114 Å². The lowest BCUT2D eigenvalue weighted by Crippen LogP contribution is -2.27. The Balaban J connectivity index is 2.09. The number of anilines is 2. The van der Waals surface area contributed by atoms with Crippen molar-refractivity contribution in [2.45, 2.75) is 11.8 Å². The molecule has 0 aliphatic rings. The molecule has 27 heavy (non-hydrogen) atoms. The van der Waals surface area contributed by atoms with Gasteiger partial charge in [-0.3, -0.25) is 9.59 Å². The molecule has 2 aromatic carbocycles. The molecule has 0 aromatic heterocycles. The first kappa shape index (κ1) is 20.6. The zero-order valence-corrected chi connectivity index (χ0v) is 15.8. The lowest BCUT2D eigenvalue weighted by molar-refractivity contribution is -0.114. The van der Waals surface area contributed by atoms with Crippen LogP contribution < -0.4 is 15.4 Å². The molecule has 0 fully saturated rings. The van der Waals surface area contributed by atoms with Crippen LogP contribution in [0.25, 0.3) is 0 Å². The minimum absolute atomic E-state index is 0.00717. The molecule has 2 rings (SSSR count). The number of hydrogen-bond acceptors (Lipinski definition) is 5. The van der Waals surface area contributed by atoms with Crippen molar-refractivity contribution in [2.24, 2.45) is 0 Å². The maximum absolute atomic E-state index is 12.4. The minimum atomic E-state index is -3.73. The molecule has 144 valence electrons. The Hall–Kier alpha value is -2.75. The van der Waals surface area contributed by atoms with Crippen molar-refractivity contribution in [3.8, 4) is 0 Å². The largest absolute Gasteiger partial charge is 0.383 e. The van der Waals surface area contributed by atoms with E-state index in [1.54, 1.807) is 24.3 Å². The van der Waals surface area contributed by atoms with Crippen LogP contribution in [0.15, 0.2) is 53.4 Å². The fourth-order valence-electron chi connectivity index (χ4n) is 2.21. The molecule has 3 N–H and O–H groups in total. The Bertz CT molecular complexity index is 911. The number of carbonyl (C=O) groups excluding carboxylic acids is 2. The number of amides is 2. The summed E-state index contributed by atoms with van der Waals surface area (Å²) in [4.78, 5) is 23.4. The lowest BCUT2D eigenvalue weighted by atomic mass is 10.2. The number of carbonyl (C=O) groups is 2. The van der Waals surface area contributed by atoms with Gasteiger partial charge in [-0.25, -0.2) is 13.1 Å². The summed E-state index contributed by atoms with van der Waals surface area (Å²) in [5.41, 5.74) is 1.33. The maximum atomic E-state index is 12.4. The second-order valence-electron chi connectivity index (χ2n) is 5.63. The van der Waals surface area contributed by atoms with E-state index in [4.69, 9.17) is 4.74 Å². The van der Waals surface area contributed by atoms with E-state index in [2.05, 4.69) is 15.4 Å². The number of methoxy groups -OCH3 is 1. The molecule has 0 saturated heterocycles. The molecule has 8 nitrogen and oxygen atoms in total. The predicted octanol–water partition coefficient (Wildman–Crippen LogP) is 1.82. The van der Waals surface area contributed by atoms with Gasteiger partial charge in [-0.1, -0.05) is 6.07 Å². The van der Waals surface area contributed by atoms with E-state index in [1.807, 2.05) is 0 Å². The Morgan fingerprint density at radius 2 is 1.63 bits per heavy atom. The summed E-state index contributed by atoms with van der Waals surface area (Å²) < 4.78 is 31.7. The van der Waals surface area contributed by atoms with Crippen LogP contribution in [0.2, 0.25) is 0 Å². The minimum Gasteiger partial charge on any atom is -0.383 e. The van der Waals surface area contributed by atoms with Crippen LogP contribution in [0.4, 0.5) is 11.4 Å². The van der Waals surface area contributed by atoms with Crippen LogP contribution in [-0.2, 0) is 19.6 Å². The third kappa shape index (κ3) is 6.17. The lowest BCUT2D eigenvalue weighted by Gasteiger charge is -2.09. The highest BCUT2D eigenvalue weighted by Gasteiger charge is 2.16. The third-order valence-electron chi connectivity index (χ3n) is 3.47. The van der Waals surface area contributed by atoms with E-state index in [0.29, 0.717) is 11.4 Å². The molecule has 9 heteroatoms. The summed E-state index contributed by atoms with van der Waals surface area (Å²) in [6, 6.07) is 12.3. The zero-order chi connectivity index (χ0) is 19.9. The summed E-state index contributed by atoms with van der Waals surface area (Å²) in [7, 11) is -2.25. The van der Waals surface area contributed by atoms with Crippen molar-refractivity contribution in [2.75, 3.05) is 30.9 Å². The molecule has 2 aromatic rings. The Morgan fingerprint density at radius 3 is 2.22 bits per heavy atom. The van der Waals surface area contributed by atoms with E-state index >= 15 is 0 Å². The first-order valence-electron chi connectivity index (χ1n) is 8.09. The number of nitrogens with one attached hydrogen (secondary N) is 3. The van der Waals surface area contributed by atoms with Crippen LogP contribution >= 0.6 is 0 Å². The number of sulfonamides is 1. The van der Waals surface area contributed by atoms with Crippen LogP contribution in [-0.4, -0.2) is 40.5 Å². The van der Waals surface area contributed by atoms with Crippen molar-refractivity contribution in [1.29, 1.82) is 0 Å². The van der Waals surface area contributed by atoms with Gasteiger partial charge >= 0.3 is 0 Å². The van der Waals surface area contributed by atoms with E-state index in [-0.39, 0.29) is 29.5 Å². The summed E-state index contributed by atoms with van der Waals surface area (Å²) >= 11 is 0. The number of rotatable bonds is 8. The molecule has 0 heterocycles. The first-order valence-corrected chi connectivity index (χ1v) is 9.58. The molecule has 0 saturated carbocycles. The van der Waals surface area contributed by atoms with Gasteiger partial charge < -0.3 is 15.4 Å². The number of ether oxygens (including phenoxy) is 1. The van der Waals surface area contributed by atoms with Gasteiger partial charge in [0.05, 0.1) is 11.5 Å². The van der Waals surface area contributed by atoms with Crippen molar-refractivity contribution < 1.29 is 22.7 Å². The van der Waals surface area contributed by atoms with Crippen LogP contribution in [0.3, 0.4) is 0 Å². The van der Waals surface area contributed by atoms with E-state index < -0.39 is 15.9 Å². The molecule has 0 spiro atoms.